The number of thiophene rings is 1. The predicted molar refractivity (Wildman–Crippen MR) is 90.7 cm³/mol. The van der Waals surface area contributed by atoms with E-state index in [0.29, 0.717) is 0 Å². The maximum atomic E-state index is 3.49. The Morgan fingerprint density at radius 3 is 2.95 bits per heavy atom. The van der Waals surface area contributed by atoms with Gasteiger partial charge in [0.1, 0.15) is 7.05 Å². The van der Waals surface area contributed by atoms with Gasteiger partial charge >= 0.3 is 0 Å². The summed E-state index contributed by atoms with van der Waals surface area (Å²) in [4.78, 5) is 0. The normalized spacial score (nSPS) is 13.2. The minimum Gasteiger partial charge on any atom is -0.373 e. The number of fused-ring (bicyclic) bond motifs is 3. The summed E-state index contributed by atoms with van der Waals surface area (Å²) in [5.41, 5.74) is 5.28. The van der Waals surface area contributed by atoms with Gasteiger partial charge in [0.15, 0.2) is 6.20 Å². The molecule has 0 aliphatic carbocycles. The first kappa shape index (κ1) is 12.6. The van der Waals surface area contributed by atoms with Gasteiger partial charge in [-0.3, -0.25) is 0 Å². The van der Waals surface area contributed by atoms with Gasteiger partial charge in [-0.05, 0) is 18.6 Å². The first-order valence-corrected chi connectivity index (χ1v) is 7.99. The van der Waals surface area contributed by atoms with Gasteiger partial charge in [-0.15, -0.1) is 11.3 Å². The Hall–Kier alpha value is -2.13. The van der Waals surface area contributed by atoms with Crippen LogP contribution in [0.25, 0.3) is 27.4 Å². The molecule has 0 saturated heterocycles. The number of hydrogen-bond acceptors (Lipinski definition) is 2. The lowest BCUT2D eigenvalue weighted by Crippen LogP contribution is -2.30. The van der Waals surface area contributed by atoms with Gasteiger partial charge in [0, 0.05) is 29.6 Å². The Balaban J connectivity index is 2.09. The molecule has 0 radical (unpaired) electrons. The summed E-state index contributed by atoms with van der Waals surface area (Å²) in [6, 6.07) is 10.9. The van der Waals surface area contributed by atoms with E-state index in [1.54, 1.807) is 0 Å². The fourth-order valence-electron chi connectivity index (χ4n) is 3.01. The molecule has 2 nitrogen and oxygen atoms in total. The summed E-state index contributed by atoms with van der Waals surface area (Å²) in [6.45, 7) is 3.12. The Bertz CT molecular complexity index is 874. The largest absolute Gasteiger partial charge is 0.373 e. The second-order valence-corrected chi connectivity index (χ2v) is 6.48. The zero-order chi connectivity index (χ0) is 14.4. The van der Waals surface area contributed by atoms with Gasteiger partial charge in [-0.1, -0.05) is 24.3 Å². The minimum atomic E-state index is 0.924. The molecule has 1 aliphatic rings. The summed E-state index contributed by atoms with van der Waals surface area (Å²) in [6.07, 6.45) is 6.55. The fourth-order valence-corrected chi connectivity index (χ4v) is 4.31. The predicted octanol–water partition coefficient (Wildman–Crippen LogP) is 4.14. The third-order valence-corrected chi connectivity index (χ3v) is 5.28. The summed E-state index contributed by atoms with van der Waals surface area (Å²) >= 11 is 1.87. The molecular formula is C18H17N2S+. The molecule has 0 unspecified atom stereocenters. The van der Waals surface area contributed by atoms with E-state index in [9.17, 15) is 0 Å². The SMILES string of the molecule is Cc1ccc2c3c(sc2c1-c1cccc[n+]1C)NCC=C3. The first-order valence-electron chi connectivity index (χ1n) is 7.17. The number of rotatable bonds is 1. The van der Waals surface area contributed by atoms with Crippen LogP contribution in [-0.2, 0) is 7.05 Å². The second-order valence-electron chi connectivity index (χ2n) is 5.46. The number of hydrogen-bond donors (Lipinski definition) is 1. The number of aromatic nitrogens is 1. The van der Waals surface area contributed by atoms with Crippen LogP contribution in [-0.4, -0.2) is 6.54 Å². The highest BCUT2D eigenvalue weighted by atomic mass is 32.1. The van der Waals surface area contributed by atoms with E-state index in [-0.39, 0.29) is 0 Å². The quantitative estimate of drug-likeness (QED) is 0.667. The van der Waals surface area contributed by atoms with Gasteiger partial charge < -0.3 is 5.32 Å². The van der Waals surface area contributed by atoms with Crippen molar-refractivity contribution in [3.63, 3.8) is 0 Å². The van der Waals surface area contributed by atoms with E-state index in [4.69, 9.17) is 0 Å². The smallest absolute Gasteiger partial charge is 0.213 e. The average molecular weight is 293 g/mol. The fraction of sp³-hybridized carbons (Fsp3) is 0.167. The maximum absolute atomic E-state index is 3.49. The lowest BCUT2D eigenvalue weighted by Gasteiger charge is -2.07. The van der Waals surface area contributed by atoms with Crippen molar-refractivity contribution in [3.05, 3.63) is 53.7 Å². The molecule has 0 bridgehead atoms. The van der Waals surface area contributed by atoms with E-state index in [1.165, 1.54) is 37.5 Å². The van der Waals surface area contributed by atoms with Crippen molar-refractivity contribution in [3.8, 4) is 11.3 Å². The summed E-state index contributed by atoms with van der Waals surface area (Å²) < 4.78 is 3.57. The Morgan fingerprint density at radius 1 is 1.19 bits per heavy atom. The molecule has 21 heavy (non-hydrogen) atoms. The van der Waals surface area contributed by atoms with Gasteiger partial charge in [0.25, 0.3) is 0 Å². The topological polar surface area (TPSA) is 15.9 Å². The second kappa shape index (κ2) is 4.71. The Kier molecular flexibility index (Phi) is 2.82. The zero-order valence-electron chi connectivity index (χ0n) is 12.2. The van der Waals surface area contributed by atoms with E-state index < -0.39 is 0 Å². The summed E-state index contributed by atoms with van der Waals surface area (Å²) in [5.74, 6) is 0. The molecule has 3 heteroatoms. The van der Waals surface area contributed by atoms with Crippen LogP contribution < -0.4 is 9.88 Å². The van der Waals surface area contributed by atoms with Crippen molar-refractivity contribution < 1.29 is 4.57 Å². The van der Waals surface area contributed by atoms with Crippen molar-refractivity contribution in [1.82, 2.24) is 0 Å². The number of nitrogens with zero attached hydrogens (tertiary/aromatic N) is 1. The van der Waals surface area contributed by atoms with Crippen molar-refractivity contribution >= 4 is 32.5 Å². The lowest BCUT2D eigenvalue weighted by atomic mass is 10.00. The van der Waals surface area contributed by atoms with Crippen LogP contribution >= 0.6 is 11.3 Å². The van der Waals surface area contributed by atoms with E-state index >= 15 is 0 Å². The molecule has 104 valence electrons. The number of pyridine rings is 1. The van der Waals surface area contributed by atoms with Crippen molar-refractivity contribution in [2.45, 2.75) is 6.92 Å². The molecule has 1 aromatic carbocycles. The molecule has 0 fully saturated rings. The van der Waals surface area contributed by atoms with E-state index in [0.717, 1.165) is 6.54 Å². The molecule has 4 rings (SSSR count). The third-order valence-electron chi connectivity index (χ3n) is 4.08. The maximum Gasteiger partial charge on any atom is 0.213 e. The first-order chi connectivity index (χ1) is 10.3. The van der Waals surface area contributed by atoms with Crippen molar-refractivity contribution in [2.24, 2.45) is 7.05 Å². The summed E-state index contributed by atoms with van der Waals surface area (Å²) in [5, 5.41) is 6.13. The minimum absolute atomic E-state index is 0.924. The van der Waals surface area contributed by atoms with E-state index in [2.05, 4.69) is 72.5 Å². The molecule has 0 saturated carbocycles. The molecule has 1 aliphatic heterocycles. The Labute approximate surface area is 128 Å². The number of aryl methyl sites for hydroxylation is 2. The van der Waals surface area contributed by atoms with Crippen LogP contribution in [0.3, 0.4) is 0 Å². The molecule has 3 heterocycles. The summed E-state index contributed by atoms with van der Waals surface area (Å²) in [7, 11) is 2.11. The molecule has 0 amide bonds. The molecule has 1 N–H and O–H groups in total. The monoisotopic (exact) mass is 293 g/mol. The Morgan fingerprint density at radius 2 is 2.10 bits per heavy atom. The standard InChI is InChI=1S/C18H17N2S/c1-12-8-9-13-14-6-5-10-19-18(14)21-17(13)16(12)15-7-3-4-11-20(15)2/h3-9,11,19H,10H2,1-2H3/q+1. The van der Waals surface area contributed by atoms with Crippen LogP contribution in [0.5, 0.6) is 0 Å². The highest BCUT2D eigenvalue weighted by Gasteiger charge is 2.20. The van der Waals surface area contributed by atoms with E-state index in [1.807, 2.05) is 11.3 Å². The van der Waals surface area contributed by atoms with Crippen LogP contribution in [0.4, 0.5) is 5.00 Å². The van der Waals surface area contributed by atoms with Crippen LogP contribution in [0.15, 0.2) is 42.6 Å². The molecule has 0 spiro atoms. The van der Waals surface area contributed by atoms with Crippen molar-refractivity contribution in [2.75, 3.05) is 11.9 Å². The molecule has 0 atom stereocenters. The van der Waals surface area contributed by atoms with Gasteiger partial charge in [-0.2, -0.15) is 0 Å². The molecular weight excluding hydrogens is 276 g/mol. The highest BCUT2D eigenvalue weighted by Crippen LogP contribution is 2.43. The van der Waals surface area contributed by atoms with Crippen molar-refractivity contribution in [1.29, 1.82) is 0 Å². The average Bonchev–Trinajstić information content (AvgIpc) is 2.87. The van der Waals surface area contributed by atoms with Gasteiger partial charge in [0.2, 0.25) is 5.69 Å². The van der Waals surface area contributed by atoms with Crippen LogP contribution in [0.1, 0.15) is 11.1 Å². The lowest BCUT2D eigenvalue weighted by molar-refractivity contribution is -0.660. The third kappa shape index (κ3) is 1.88. The zero-order valence-corrected chi connectivity index (χ0v) is 13.0. The number of benzene rings is 1. The molecule has 2 aromatic heterocycles. The number of nitrogens with one attached hydrogen (secondary N) is 1. The van der Waals surface area contributed by atoms with Crippen LogP contribution in [0, 0.1) is 6.92 Å². The highest BCUT2D eigenvalue weighted by molar-refractivity contribution is 7.23. The number of anilines is 1. The van der Waals surface area contributed by atoms with Crippen LogP contribution in [0.2, 0.25) is 0 Å². The van der Waals surface area contributed by atoms with Gasteiger partial charge in [0.05, 0.1) is 15.3 Å². The van der Waals surface area contributed by atoms with Gasteiger partial charge in [-0.25, -0.2) is 4.57 Å². The molecule has 3 aromatic rings.